The first-order valence-electron chi connectivity index (χ1n) is 9.93. The van der Waals surface area contributed by atoms with E-state index >= 15 is 0 Å². The number of fused-ring (bicyclic) bond motifs is 3. The monoisotopic (exact) mass is 445 g/mol. The Hall–Kier alpha value is -2.52. The van der Waals surface area contributed by atoms with Gasteiger partial charge in [0.1, 0.15) is 4.83 Å². The van der Waals surface area contributed by atoms with E-state index in [1.54, 1.807) is 31.2 Å². The number of aromatic amines is 1. The first-order chi connectivity index (χ1) is 14.3. The van der Waals surface area contributed by atoms with Gasteiger partial charge in [-0.3, -0.25) is 9.59 Å². The summed E-state index contributed by atoms with van der Waals surface area (Å²) >= 11 is 1.47. The van der Waals surface area contributed by atoms with Crippen LogP contribution in [0.4, 0.5) is 0 Å². The minimum absolute atomic E-state index is 0.0221. The molecule has 0 radical (unpaired) electrons. The van der Waals surface area contributed by atoms with Gasteiger partial charge in [-0.05, 0) is 50.8 Å². The molecule has 0 saturated heterocycles. The van der Waals surface area contributed by atoms with Crippen LogP contribution in [0.1, 0.15) is 40.0 Å². The summed E-state index contributed by atoms with van der Waals surface area (Å²) in [4.78, 5) is 36.0. The number of nitrogens with one attached hydrogen (secondary N) is 1. The Morgan fingerprint density at radius 1 is 1.23 bits per heavy atom. The number of nitrogens with zero attached hydrogens (tertiary/aromatic N) is 2. The fourth-order valence-electron chi connectivity index (χ4n) is 3.75. The fourth-order valence-corrected chi connectivity index (χ4v) is 6.26. The number of sulfone groups is 1. The van der Waals surface area contributed by atoms with Crippen molar-refractivity contribution in [3.63, 3.8) is 0 Å². The molecule has 0 bridgehead atoms. The maximum absolute atomic E-state index is 12.9. The molecule has 1 aliphatic carbocycles. The molecule has 158 valence electrons. The van der Waals surface area contributed by atoms with Crippen LogP contribution in [0.3, 0.4) is 0 Å². The lowest BCUT2D eigenvalue weighted by atomic mass is 10.2. The number of carbonyl (C=O) groups excluding carboxylic acids is 1. The molecule has 0 fully saturated rings. The summed E-state index contributed by atoms with van der Waals surface area (Å²) in [6.07, 6.45) is 2.85. The highest BCUT2D eigenvalue weighted by Gasteiger charge is 2.25. The second-order valence-corrected chi connectivity index (χ2v) is 10.7. The number of hydrogen-bond donors (Lipinski definition) is 1. The van der Waals surface area contributed by atoms with E-state index in [4.69, 9.17) is 0 Å². The first kappa shape index (κ1) is 20.7. The number of aryl methyl sites for hydroxylation is 3. The van der Waals surface area contributed by atoms with Gasteiger partial charge in [0.25, 0.3) is 11.5 Å². The highest BCUT2D eigenvalue weighted by atomic mass is 32.2. The number of carbonyl (C=O) groups is 1. The molecule has 9 heteroatoms. The molecule has 1 aromatic carbocycles. The second kappa shape index (κ2) is 7.96. The van der Waals surface area contributed by atoms with Crippen LogP contribution in [0.2, 0.25) is 0 Å². The van der Waals surface area contributed by atoms with E-state index in [1.165, 1.54) is 21.1 Å². The van der Waals surface area contributed by atoms with Gasteiger partial charge in [0.05, 0.1) is 16.0 Å². The first-order valence-corrected chi connectivity index (χ1v) is 12.4. The van der Waals surface area contributed by atoms with Gasteiger partial charge >= 0.3 is 0 Å². The SMILES string of the molecule is CCN(CCS(=O)(=O)c1ccc(C)cc1)C(=O)c1nc2sc3c(c2c(=O)[nH]1)CCC3. The number of thiophene rings is 1. The van der Waals surface area contributed by atoms with E-state index in [-0.39, 0.29) is 28.6 Å². The van der Waals surface area contributed by atoms with Crippen molar-refractivity contribution in [1.82, 2.24) is 14.9 Å². The minimum atomic E-state index is -3.52. The number of benzene rings is 1. The van der Waals surface area contributed by atoms with Gasteiger partial charge in [0, 0.05) is 18.0 Å². The van der Waals surface area contributed by atoms with Crippen molar-refractivity contribution in [2.24, 2.45) is 0 Å². The topological polar surface area (TPSA) is 100 Å². The van der Waals surface area contributed by atoms with Gasteiger partial charge in [-0.25, -0.2) is 13.4 Å². The largest absolute Gasteiger partial charge is 0.335 e. The molecule has 4 rings (SSSR count). The predicted octanol–water partition coefficient (Wildman–Crippen LogP) is 2.72. The number of rotatable bonds is 6. The fraction of sp³-hybridized carbons (Fsp3) is 0.381. The van der Waals surface area contributed by atoms with Crippen LogP contribution in [0.5, 0.6) is 0 Å². The molecule has 0 saturated carbocycles. The third-order valence-corrected chi connectivity index (χ3v) is 8.35. The molecule has 7 nitrogen and oxygen atoms in total. The highest BCUT2D eigenvalue weighted by Crippen LogP contribution is 2.34. The number of hydrogen-bond acceptors (Lipinski definition) is 6. The van der Waals surface area contributed by atoms with E-state index in [0.717, 1.165) is 30.4 Å². The van der Waals surface area contributed by atoms with Crippen LogP contribution in [0, 0.1) is 6.92 Å². The minimum Gasteiger partial charge on any atom is -0.335 e. The molecule has 3 aromatic rings. The van der Waals surface area contributed by atoms with Crippen LogP contribution in [-0.2, 0) is 22.7 Å². The van der Waals surface area contributed by atoms with Crippen molar-refractivity contribution in [2.45, 2.75) is 38.0 Å². The van der Waals surface area contributed by atoms with Crippen molar-refractivity contribution in [3.05, 3.63) is 56.4 Å². The molecule has 30 heavy (non-hydrogen) atoms. The lowest BCUT2D eigenvalue weighted by Gasteiger charge is -2.20. The zero-order chi connectivity index (χ0) is 21.5. The third kappa shape index (κ3) is 3.79. The van der Waals surface area contributed by atoms with Crippen molar-refractivity contribution >= 4 is 37.3 Å². The summed E-state index contributed by atoms with van der Waals surface area (Å²) in [5.74, 6) is -0.707. The zero-order valence-electron chi connectivity index (χ0n) is 16.9. The van der Waals surface area contributed by atoms with Gasteiger partial charge in [0.2, 0.25) is 5.82 Å². The Balaban J connectivity index is 1.55. The Morgan fingerprint density at radius 3 is 2.67 bits per heavy atom. The molecule has 0 spiro atoms. The quantitative estimate of drug-likeness (QED) is 0.629. The van der Waals surface area contributed by atoms with Crippen LogP contribution < -0.4 is 5.56 Å². The average Bonchev–Trinajstić information content (AvgIpc) is 3.29. The Labute approximate surface area is 178 Å². The smallest absolute Gasteiger partial charge is 0.289 e. The Morgan fingerprint density at radius 2 is 1.97 bits per heavy atom. The lowest BCUT2D eigenvalue weighted by Crippen LogP contribution is -2.37. The van der Waals surface area contributed by atoms with E-state index in [0.29, 0.717) is 16.8 Å². The predicted molar refractivity (Wildman–Crippen MR) is 117 cm³/mol. The maximum atomic E-state index is 12.9. The molecule has 0 atom stereocenters. The van der Waals surface area contributed by atoms with Gasteiger partial charge < -0.3 is 9.88 Å². The van der Waals surface area contributed by atoms with E-state index in [9.17, 15) is 18.0 Å². The van der Waals surface area contributed by atoms with Crippen molar-refractivity contribution in [3.8, 4) is 0 Å². The number of aromatic nitrogens is 2. The molecule has 2 heterocycles. The highest BCUT2D eigenvalue weighted by molar-refractivity contribution is 7.91. The zero-order valence-corrected chi connectivity index (χ0v) is 18.5. The van der Waals surface area contributed by atoms with Gasteiger partial charge in [0.15, 0.2) is 9.84 Å². The number of amides is 1. The molecular weight excluding hydrogens is 422 g/mol. The normalized spacial score (nSPS) is 13.5. The van der Waals surface area contributed by atoms with Crippen molar-refractivity contribution in [1.29, 1.82) is 0 Å². The van der Waals surface area contributed by atoms with E-state index in [1.807, 2.05) is 6.92 Å². The van der Waals surface area contributed by atoms with Crippen LogP contribution in [0.25, 0.3) is 10.2 Å². The average molecular weight is 446 g/mol. The summed E-state index contributed by atoms with van der Waals surface area (Å²) in [6, 6.07) is 6.65. The molecule has 0 aliphatic heterocycles. The van der Waals surface area contributed by atoms with Crippen molar-refractivity contribution in [2.75, 3.05) is 18.8 Å². The Bertz CT molecular complexity index is 1270. The standard InChI is InChI=1S/C21H23N3O4S2/c1-3-24(11-12-30(27,28)14-9-7-13(2)8-10-14)21(26)18-22-19(25)17-15-5-4-6-16(15)29-20(17)23-18/h7-10H,3-6,11-12H2,1-2H3,(H,22,23,25). The van der Waals surface area contributed by atoms with E-state index < -0.39 is 15.7 Å². The van der Waals surface area contributed by atoms with Crippen LogP contribution in [-0.4, -0.2) is 48.0 Å². The second-order valence-electron chi connectivity index (χ2n) is 7.47. The third-order valence-electron chi connectivity index (χ3n) is 5.46. The maximum Gasteiger partial charge on any atom is 0.289 e. The summed E-state index contributed by atoms with van der Waals surface area (Å²) < 4.78 is 25.2. The molecule has 2 aromatic heterocycles. The van der Waals surface area contributed by atoms with Gasteiger partial charge in [-0.1, -0.05) is 17.7 Å². The van der Waals surface area contributed by atoms with Gasteiger partial charge in [-0.15, -0.1) is 11.3 Å². The number of H-pyrrole nitrogens is 1. The summed E-state index contributed by atoms with van der Waals surface area (Å²) in [5.41, 5.74) is 1.73. The molecule has 1 N–H and O–H groups in total. The van der Waals surface area contributed by atoms with Crippen LogP contribution >= 0.6 is 11.3 Å². The molecule has 0 unspecified atom stereocenters. The van der Waals surface area contributed by atoms with Crippen LogP contribution in [0.15, 0.2) is 34.0 Å². The molecule has 1 aliphatic rings. The van der Waals surface area contributed by atoms with E-state index in [2.05, 4.69) is 9.97 Å². The lowest BCUT2D eigenvalue weighted by molar-refractivity contribution is 0.0762. The Kier molecular flexibility index (Phi) is 5.50. The summed E-state index contributed by atoms with van der Waals surface area (Å²) in [6.45, 7) is 3.99. The summed E-state index contributed by atoms with van der Waals surface area (Å²) in [7, 11) is -3.52. The van der Waals surface area contributed by atoms with Crippen molar-refractivity contribution < 1.29 is 13.2 Å². The summed E-state index contributed by atoms with van der Waals surface area (Å²) in [5, 5.41) is 0.592. The molecule has 1 amide bonds. The molecular formula is C21H23N3O4S2. The van der Waals surface area contributed by atoms with Gasteiger partial charge in [-0.2, -0.15) is 0 Å².